The maximum absolute atomic E-state index is 9.50. The Bertz CT molecular complexity index is 290. The summed E-state index contributed by atoms with van der Waals surface area (Å²) in [6, 6.07) is 8.72. The molecule has 0 aliphatic heterocycles. The molecule has 0 amide bonds. The highest BCUT2D eigenvalue weighted by Crippen LogP contribution is 2.20. The van der Waals surface area contributed by atoms with Gasteiger partial charge in [0.15, 0.2) is 0 Å². The number of hydrogen-bond acceptors (Lipinski definition) is 2. The highest BCUT2D eigenvalue weighted by molar-refractivity contribution is 5.25. The molecule has 0 saturated heterocycles. The van der Waals surface area contributed by atoms with Crippen LogP contribution in [0, 0.1) is 0 Å². The first-order chi connectivity index (χ1) is 7.76. The standard InChI is InChI=1S/C14H23NO/c1-4-12-7-9-13(10-8-12)14(11-16)15(5-2)6-3/h7-10,14,16H,4-6,11H2,1-3H3. The van der Waals surface area contributed by atoms with Crippen LogP contribution in [0.3, 0.4) is 0 Å². The van der Waals surface area contributed by atoms with E-state index in [1.165, 1.54) is 11.1 Å². The second kappa shape index (κ2) is 6.66. The molecular formula is C14H23NO. The van der Waals surface area contributed by atoms with Crippen molar-refractivity contribution >= 4 is 0 Å². The van der Waals surface area contributed by atoms with Crippen LogP contribution in [0.15, 0.2) is 24.3 Å². The molecule has 0 aliphatic rings. The molecule has 0 aromatic heterocycles. The molecule has 0 radical (unpaired) electrons. The fourth-order valence-electron chi connectivity index (χ4n) is 2.07. The van der Waals surface area contributed by atoms with Gasteiger partial charge in [0.05, 0.1) is 12.6 Å². The topological polar surface area (TPSA) is 23.5 Å². The van der Waals surface area contributed by atoms with Crippen molar-refractivity contribution in [3.05, 3.63) is 35.4 Å². The van der Waals surface area contributed by atoms with Gasteiger partial charge in [0.25, 0.3) is 0 Å². The third-order valence-electron chi connectivity index (χ3n) is 3.20. The fraction of sp³-hybridized carbons (Fsp3) is 0.571. The van der Waals surface area contributed by atoms with Gasteiger partial charge in [0.1, 0.15) is 0 Å². The molecule has 1 rings (SSSR count). The van der Waals surface area contributed by atoms with E-state index in [1.54, 1.807) is 0 Å². The summed E-state index contributed by atoms with van der Waals surface area (Å²) in [6.45, 7) is 8.55. The first-order valence-corrected chi connectivity index (χ1v) is 6.20. The molecule has 0 saturated carbocycles. The molecule has 1 unspecified atom stereocenters. The molecule has 0 fully saturated rings. The molecule has 1 aromatic rings. The number of hydrogen-bond donors (Lipinski definition) is 1. The third kappa shape index (κ3) is 3.06. The molecular weight excluding hydrogens is 198 g/mol. The average Bonchev–Trinajstić information content (AvgIpc) is 2.36. The van der Waals surface area contributed by atoms with Crippen molar-refractivity contribution < 1.29 is 5.11 Å². The minimum Gasteiger partial charge on any atom is -0.394 e. The van der Waals surface area contributed by atoms with Crippen LogP contribution in [0.25, 0.3) is 0 Å². The molecule has 1 atom stereocenters. The van der Waals surface area contributed by atoms with Crippen LogP contribution in [-0.4, -0.2) is 29.7 Å². The Balaban J connectivity index is 2.85. The van der Waals surface area contributed by atoms with E-state index in [2.05, 4.69) is 49.9 Å². The first kappa shape index (κ1) is 13.2. The molecule has 90 valence electrons. The lowest BCUT2D eigenvalue weighted by Crippen LogP contribution is -2.30. The third-order valence-corrected chi connectivity index (χ3v) is 3.20. The van der Waals surface area contributed by atoms with Crippen LogP contribution in [0.1, 0.15) is 37.9 Å². The summed E-state index contributed by atoms with van der Waals surface area (Å²) in [5.41, 5.74) is 2.56. The minimum atomic E-state index is 0.140. The van der Waals surface area contributed by atoms with Crippen LogP contribution in [0.5, 0.6) is 0 Å². The van der Waals surface area contributed by atoms with Crippen molar-refractivity contribution in [2.45, 2.75) is 33.2 Å². The molecule has 0 spiro atoms. The highest BCUT2D eigenvalue weighted by Gasteiger charge is 2.16. The van der Waals surface area contributed by atoms with E-state index >= 15 is 0 Å². The predicted octanol–water partition coefficient (Wildman–Crippen LogP) is 2.62. The van der Waals surface area contributed by atoms with E-state index in [1.807, 2.05) is 0 Å². The van der Waals surface area contributed by atoms with Crippen LogP contribution < -0.4 is 0 Å². The summed E-state index contributed by atoms with van der Waals surface area (Å²) in [5, 5.41) is 9.50. The summed E-state index contributed by atoms with van der Waals surface area (Å²) in [6.07, 6.45) is 1.06. The monoisotopic (exact) mass is 221 g/mol. The zero-order chi connectivity index (χ0) is 12.0. The molecule has 0 aliphatic carbocycles. The quantitative estimate of drug-likeness (QED) is 0.798. The van der Waals surface area contributed by atoms with Crippen molar-refractivity contribution in [3.63, 3.8) is 0 Å². The number of aliphatic hydroxyl groups excluding tert-OH is 1. The summed E-state index contributed by atoms with van der Waals surface area (Å²) in [5.74, 6) is 0. The van der Waals surface area contributed by atoms with Gasteiger partial charge in [-0.15, -0.1) is 0 Å². The lowest BCUT2D eigenvalue weighted by atomic mass is 10.0. The molecule has 0 bridgehead atoms. The summed E-state index contributed by atoms with van der Waals surface area (Å²) in [4.78, 5) is 2.28. The van der Waals surface area contributed by atoms with Crippen LogP contribution >= 0.6 is 0 Å². The van der Waals surface area contributed by atoms with Crippen LogP contribution in [0.4, 0.5) is 0 Å². The van der Waals surface area contributed by atoms with Gasteiger partial charge in [0.2, 0.25) is 0 Å². The Morgan fingerprint density at radius 1 is 1.06 bits per heavy atom. The van der Waals surface area contributed by atoms with Crippen LogP contribution in [0.2, 0.25) is 0 Å². The minimum absolute atomic E-state index is 0.140. The van der Waals surface area contributed by atoms with Gasteiger partial charge in [0, 0.05) is 0 Å². The smallest absolute Gasteiger partial charge is 0.0628 e. The van der Waals surface area contributed by atoms with Gasteiger partial charge in [-0.3, -0.25) is 4.90 Å². The van der Waals surface area contributed by atoms with Gasteiger partial charge >= 0.3 is 0 Å². The predicted molar refractivity (Wildman–Crippen MR) is 68.6 cm³/mol. The van der Waals surface area contributed by atoms with Gasteiger partial charge < -0.3 is 5.11 Å². The molecule has 16 heavy (non-hydrogen) atoms. The average molecular weight is 221 g/mol. The van der Waals surface area contributed by atoms with Gasteiger partial charge in [-0.1, -0.05) is 45.0 Å². The highest BCUT2D eigenvalue weighted by atomic mass is 16.3. The Kier molecular flexibility index (Phi) is 5.50. The molecule has 1 aromatic carbocycles. The number of likely N-dealkylation sites (N-methyl/N-ethyl adjacent to an activating group) is 1. The normalized spacial score (nSPS) is 13.1. The van der Waals surface area contributed by atoms with E-state index in [0.717, 1.165) is 19.5 Å². The number of nitrogens with zero attached hydrogens (tertiary/aromatic N) is 1. The van der Waals surface area contributed by atoms with Crippen molar-refractivity contribution in [2.75, 3.05) is 19.7 Å². The van der Waals surface area contributed by atoms with Gasteiger partial charge in [-0.2, -0.15) is 0 Å². The molecule has 2 nitrogen and oxygen atoms in total. The Morgan fingerprint density at radius 2 is 1.62 bits per heavy atom. The van der Waals surface area contributed by atoms with Crippen LogP contribution in [-0.2, 0) is 6.42 Å². The van der Waals surface area contributed by atoms with E-state index < -0.39 is 0 Å². The van der Waals surface area contributed by atoms with E-state index in [0.29, 0.717) is 0 Å². The number of rotatable bonds is 6. The molecule has 0 heterocycles. The van der Waals surface area contributed by atoms with Crippen molar-refractivity contribution in [1.29, 1.82) is 0 Å². The molecule has 2 heteroatoms. The van der Waals surface area contributed by atoms with Crippen molar-refractivity contribution in [2.24, 2.45) is 0 Å². The first-order valence-electron chi connectivity index (χ1n) is 6.20. The summed E-state index contributed by atoms with van der Waals surface area (Å²) < 4.78 is 0. The van der Waals surface area contributed by atoms with Crippen molar-refractivity contribution in [3.8, 4) is 0 Å². The summed E-state index contributed by atoms with van der Waals surface area (Å²) in [7, 11) is 0. The van der Waals surface area contributed by atoms with E-state index in [4.69, 9.17) is 0 Å². The Morgan fingerprint density at radius 3 is 2.00 bits per heavy atom. The lowest BCUT2D eigenvalue weighted by Gasteiger charge is -2.28. The number of aryl methyl sites for hydroxylation is 1. The van der Waals surface area contributed by atoms with Crippen molar-refractivity contribution in [1.82, 2.24) is 4.90 Å². The fourth-order valence-corrected chi connectivity index (χ4v) is 2.07. The SMILES string of the molecule is CCc1ccc(C(CO)N(CC)CC)cc1. The Hall–Kier alpha value is -0.860. The zero-order valence-corrected chi connectivity index (χ0v) is 10.6. The Labute approximate surface area is 98.9 Å². The second-order valence-electron chi connectivity index (χ2n) is 4.01. The number of benzene rings is 1. The zero-order valence-electron chi connectivity index (χ0n) is 10.6. The lowest BCUT2D eigenvalue weighted by molar-refractivity contribution is 0.134. The largest absolute Gasteiger partial charge is 0.394 e. The van der Waals surface area contributed by atoms with E-state index in [-0.39, 0.29) is 12.6 Å². The maximum atomic E-state index is 9.50. The van der Waals surface area contributed by atoms with E-state index in [9.17, 15) is 5.11 Å². The number of aliphatic hydroxyl groups is 1. The molecule has 1 N–H and O–H groups in total. The summed E-state index contributed by atoms with van der Waals surface area (Å²) >= 11 is 0. The van der Waals surface area contributed by atoms with Gasteiger partial charge in [-0.05, 0) is 30.6 Å². The van der Waals surface area contributed by atoms with Gasteiger partial charge in [-0.25, -0.2) is 0 Å². The maximum Gasteiger partial charge on any atom is 0.0628 e. The second-order valence-corrected chi connectivity index (χ2v) is 4.01.